The summed E-state index contributed by atoms with van der Waals surface area (Å²) in [4.78, 5) is 0.457. The summed E-state index contributed by atoms with van der Waals surface area (Å²) in [6.07, 6.45) is 0.770. The van der Waals surface area contributed by atoms with Crippen LogP contribution in [0, 0.1) is 11.6 Å². The molecule has 0 unspecified atom stereocenters. The lowest BCUT2D eigenvalue weighted by Crippen LogP contribution is -1.99. The van der Waals surface area contributed by atoms with Crippen LogP contribution in [0.4, 0.5) is 14.5 Å². The number of nitrogen functional groups attached to an aromatic ring is 1. The van der Waals surface area contributed by atoms with E-state index >= 15 is 0 Å². The van der Waals surface area contributed by atoms with Gasteiger partial charge in [0.15, 0.2) is 0 Å². The highest BCUT2D eigenvalue weighted by Crippen LogP contribution is 2.23. The first kappa shape index (κ1) is 14.7. The van der Waals surface area contributed by atoms with Crippen molar-refractivity contribution in [1.82, 2.24) is 0 Å². The lowest BCUT2D eigenvalue weighted by atomic mass is 10.3. The second kappa shape index (κ2) is 7.14. The Morgan fingerprint density at radius 2 is 1.80 bits per heavy atom. The lowest BCUT2D eigenvalue weighted by Gasteiger charge is -2.06. The first-order chi connectivity index (χ1) is 9.65. The number of hydrogen-bond acceptors (Lipinski definition) is 3. The van der Waals surface area contributed by atoms with Crippen LogP contribution < -0.4 is 10.5 Å². The summed E-state index contributed by atoms with van der Waals surface area (Å²) < 4.78 is 31.6. The molecular formula is C15H15F2NOS. The van der Waals surface area contributed by atoms with Gasteiger partial charge in [-0.3, -0.25) is 0 Å². The maximum Gasteiger partial charge on any atom is 0.139 e. The number of rotatable bonds is 6. The Morgan fingerprint density at radius 1 is 1.05 bits per heavy atom. The summed E-state index contributed by atoms with van der Waals surface area (Å²) in [5.41, 5.74) is 6.27. The third-order valence-electron chi connectivity index (χ3n) is 2.59. The van der Waals surface area contributed by atoms with Crippen LogP contribution in [0.2, 0.25) is 0 Å². The molecule has 0 atom stereocenters. The van der Waals surface area contributed by atoms with E-state index in [4.69, 9.17) is 10.5 Å². The second-order valence-corrected chi connectivity index (χ2v) is 5.33. The van der Waals surface area contributed by atoms with Crippen molar-refractivity contribution in [2.24, 2.45) is 0 Å². The predicted octanol–water partition coefficient (Wildman–Crippen LogP) is 4.11. The molecule has 0 amide bonds. The van der Waals surface area contributed by atoms with Gasteiger partial charge in [-0.05, 0) is 42.8 Å². The van der Waals surface area contributed by atoms with Crippen molar-refractivity contribution in [1.29, 1.82) is 0 Å². The van der Waals surface area contributed by atoms with Crippen molar-refractivity contribution in [2.75, 3.05) is 18.1 Å². The van der Waals surface area contributed by atoms with Gasteiger partial charge in [0.05, 0.1) is 6.61 Å². The number of hydrogen-bond donors (Lipinski definition) is 1. The molecule has 0 saturated heterocycles. The van der Waals surface area contributed by atoms with Crippen molar-refractivity contribution >= 4 is 17.4 Å². The zero-order valence-corrected chi connectivity index (χ0v) is 11.6. The van der Waals surface area contributed by atoms with Crippen molar-refractivity contribution < 1.29 is 13.5 Å². The van der Waals surface area contributed by atoms with Gasteiger partial charge in [0, 0.05) is 22.4 Å². The molecule has 0 spiro atoms. The van der Waals surface area contributed by atoms with Crippen LogP contribution in [0.5, 0.6) is 5.75 Å². The summed E-state index contributed by atoms with van der Waals surface area (Å²) in [7, 11) is 0. The fourth-order valence-electron chi connectivity index (χ4n) is 1.59. The molecule has 2 aromatic carbocycles. The summed E-state index contributed by atoms with van der Waals surface area (Å²) in [6.45, 7) is 0.541. The third kappa shape index (κ3) is 4.42. The topological polar surface area (TPSA) is 35.2 Å². The molecule has 0 aliphatic rings. The normalized spacial score (nSPS) is 10.5. The van der Waals surface area contributed by atoms with E-state index in [1.165, 1.54) is 23.9 Å². The predicted molar refractivity (Wildman–Crippen MR) is 78.0 cm³/mol. The van der Waals surface area contributed by atoms with E-state index < -0.39 is 11.6 Å². The van der Waals surface area contributed by atoms with Crippen LogP contribution >= 0.6 is 11.8 Å². The minimum Gasteiger partial charge on any atom is -0.494 e. The zero-order chi connectivity index (χ0) is 14.4. The summed E-state index contributed by atoms with van der Waals surface area (Å²) in [5.74, 6) is 0.391. The van der Waals surface area contributed by atoms with Gasteiger partial charge < -0.3 is 10.5 Å². The zero-order valence-electron chi connectivity index (χ0n) is 10.8. The molecule has 0 fully saturated rings. The van der Waals surface area contributed by atoms with E-state index in [9.17, 15) is 8.78 Å². The van der Waals surface area contributed by atoms with Crippen LogP contribution in [0.15, 0.2) is 47.4 Å². The number of benzene rings is 2. The van der Waals surface area contributed by atoms with Crippen molar-refractivity contribution in [3.05, 3.63) is 54.1 Å². The summed E-state index contributed by atoms with van der Waals surface area (Å²) >= 11 is 1.35. The Balaban J connectivity index is 1.70. The van der Waals surface area contributed by atoms with Gasteiger partial charge in [-0.2, -0.15) is 0 Å². The minimum absolute atomic E-state index is 0.457. The quantitative estimate of drug-likeness (QED) is 0.495. The Morgan fingerprint density at radius 3 is 2.50 bits per heavy atom. The van der Waals surface area contributed by atoms with Crippen LogP contribution in [-0.4, -0.2) is 12.4 Å². The van der Waals surface area contributed by atoms with Crippen LogP contribution in [-0.2, 0) is 0 Å². The largest absolute Gasteiger partial charge is 0.494 e. The Kier molecular flexibility index (Phi) is 5.24. The van der Waals surface area contributed by atoms with Crippen molar-refractivity contribution in [3.8, 4) is 5.75 Å². The van der Waals surface area contributed by atoms with Crippen molar-refractivity contribution in [2.45, 2.75) is 11.3 Å². The SMILES string of the molecule is Nc1ccc(OCCCSc2ccc(F)cc2F)cc1. The number of thioether (sulfide) groups is 1. The standard InChI is InChI=1S/C15H15F2NOS/c16-11-2-7-15(14(17)10-11)20-9-1-8-19-13-5-3-12(18)4-6-13/h2-7,10H,1,8-9,18H2. The third-order valence-corrected chi connectivity index (χ3v) is 3.72. The smallest absolute Gasteiger partial charge is 0.139 e. The van der Waals surface area contributed by atoms with E-state index in [1.54, 1.807) is 12.1 Å². The molecule has 2 N–H and O–H groups in total. The molecule has 0 saturated carbocycles. The van der Waals surface area contributed by atoms with E-state index in [1.807, 2.05) is 12.1 Å². The first-order valence-corrected chi connectivity index (χ1v) is 7.20. The molecule has 0 aliphatic heterocycles. The molecule has 2 nitrogen and oxygen atoms in total. The van der Waals surface area contributed by atoms with Gasteiger partial charge in [0.2, 0.25) is 0 Å². The van der Waals surface area contributed by atoms with Crippen LogP contribution in [0.1, 0.15) is 6.42 Å². The highest BCUT2D eigenvalue weighted by Gasteiger charge is 2.04. The minimum atomic E-state index is -0.557. The summed E-state index contributed by atoms with van der Waals surface area (Å²) in [6, 6.07) is 10.8. The molecule has 2 aromatic rings. The molecule has 0 aromatic heterocycles. The molecular weight excluding hydrogens is 280 g/mol. The number of ether oxygens (including phenoxy) is 1. The fourth-order valence-corrected chi connectivity index (χ4v) is 2.43. The monoisotopic (exact) mass is 295 g/mol. The number of nitrogens with two attached hydrogens (primary N) is 1. The van der Waals surface area contributed by atoms with Gasteiger partial charge in [0.25, 0.3) is 0 Å². The Bertz CT molecular complexity index is 560. The molecule has 0 heterocycles. The fraction of sp³-hybridized carbons (Fsp3) is 0.200. The Labute approximate surface area is 120 Å². The molecule has 5 heteroatoms. The van der Waals surface area contributed by atoms with E-state index in [2.05, 4.69) is 0 Å². The maximum absolute atomic E-state index is 13.4. The molecule has 0 bridgehead atoms. The van der Waals surface area contributed by atoms with E-state index in [-0.39, 0.29) is 0 Å². The van der Waals surface area contributed by atoms with Gasteiger partial charge >= 0.3 is 0 Å². The molecule has 106 valence electrons. The molecule has 20 heavy (non-hydrogen) atoms. The van der Waals surface area contributed by atoms with Gasteiger partial charge in [-0.25, -0.2) is 8.78 Å². The van der Waals surface area contributed by atoms with Crippen LogP contribution in [0.25, 0.3) is 0 Å². The summed E-state index contributed by atoms with van der Waals surface area (Å²) in [5, 5.41) is 0. The average Bonchev–Trinajstić information content (AvgIpc) is 2.42. The maximum atomic E-state index is 13.4. The molecule has 0 radical (unpaired) electrons. The highest BCUT2D eigenvalue weighted by molar-refractivity contribution is 7.99. The molecule has 0 aliphatic carbocycles. The second-order valence-electron chi connectivity index (χ2n) is 4.19. The van der Waals surface area contributed by atoms with E-state index in [0.29, 0.717) is 22.9 Å². The van der Waals surface area contributed by atoms with Gasteiger partial charge in [0.1, 0.15) is 17.4 Å². The Hall–Kier alpha value is -1.75. The lowest BCUT2D eigenvalue weighted by molar-refractivity contribution is 0.319. The molecule has 2 rings (SSSR count). The van der Waals surface area contributed by atoms with E-state index in [0.717, 1.165) is 18.2 Å². The van der Waals surface area contributed by atoms with Crippen molar-refractivity contribution in [3.63, 3.8) is 0 Å². The first-order valence-electron chi connectivity index (χ1n) is 6.21. The average molecular weight is 295 g/mol. The highest BCUT2D eigenvalue weighted by atomic mass is 32.2. The number of anilines is 1. The van der Waals surface area contributed by atoms with Crippen LogP contribution in [0.3, 0.4) is 0 Å². The number of halogens is 2. The van der Waals surface area contributed by atoms with Gasteiger partial charge in [-0.1, -0.05) is 0 Å². The van der Waals surface area contributed by atoms with Gasteiger partial charge in [-0.15, -0.1) is 11.8 Å².